The van der Waals surface area contributed by atoms with Gasteiger partial charge in [-0.05, 0) is 39.8 Å². The Morgan fingerprint density at radius 3 is 1.47 bits per heavy atom. The van der Waals surface area contributed by atoms with Gasteiger partial charge in [-0.3, -0.25) is 20.2 Å². The van der Waals surface area contributed by atoms with E-state index < -0.39 is 5.66 Å². The molecule has 0 amide bonds. The van der Waals surface area contributed by atoms with Gasteiger partial charge in [0.1, 0.15) is 0 Å². The number of carbonyl (C=O) groups is 2. The van der Waals surface area contributed by atoms with Crippen molar-refractivity contribution in [2.24, 2.45) is 0 Å². The number of hydrogen-bond donors (Lipinski definition) is 2. The number of hydrogen-bond acceptors (Lipinski definition) is 4. The minimum atomic E-state index is -1.18. The summed E-state index contributed by atoms with van der Waals surface area (Å²) in [7, 11) is 0. The minimum absolute atomic E-state index is 0.155. The van der Waals surface area contributed by atoms with E-state index in [0.29, 0.717) is 13.1 Å². The Labute approximate surface area is 105 Å². The van der Waals surface area contributed by atoms with Crippen LogP contribution in [0.25, 0.3) is 0 Å². The first-order chi connectivity index (χ1) is 8.01. The second-order valence-electron chi connectivity index (χ2n) is 4.42. The standard InChI is InChI=1S/C13H26N2O2/c1-5-7-9-14-13(11(3)16,12(4)17)15-10-8-6-2/h14-15H,5-10H2,1-4H3. The SMILES string of the molecule is CCCCNC(NCCCC)(C(C)=O)C(C)=O. The zero-order valence-corrected chi connectivity index (χ0v) is 11.6. The van der Waals surface area contributed by atoms with E-state index in [2.05, 4.69) is 24.5 Å². The lowest BCUT2D eigenvalue weighted by molar-refractivity contribution is -0.136. The van der Waals surface area contributed by atoms with Crippen molar-refractivity contribution in [1.82, 2.24) is 10.6 Å². The first-order valence-corrected chi connectivity index (χ1v) is 6.53. The molecule has 0 aliphatic carbocycles. The maximum absolute atomic E-state index is 11.7. The fourth-order valence-corrected chi connectivity index (χ4v) is 1.71. The lowest BCUT2D eigenvalue weighted by Crippen LogP contribution is -2.66. The van der Waals surface area contributed by atoms with E-state index in [1.54, 1.807) is 0 Å². The number of carbonyl (C=O) groups excluding carboxylic acids is 2. The van der Waals surface area contributed by atoms with Crippen molar-refractivity contribution in [1.29, 1.82) is 0 Å². The summed E-state index contributed by atoms with van der Waals surface area (Å²) in [5.74, 6) is -0.311. The average molecular weight is 242 g/mol. The van der Waals surface area contributed by atoms with Gasteiger partial charge in [0, 0.05) is 0 Å². The molecular formula is C13H26N2O2. The van der Waals surface area contributed by atoms with Crippen LogP contribution in [-0.4, -0.2) is 30.3 Å². The fourth-order valence-electron chi connectivity index (χ4n) is 1.71. The second kappa shape index (κ2) is 8.37. The highest BCUT2D eigenvalue weighted by Crippen LogP contribution is 2.06. The Morgan fingerprint density at radius 1 is 0.882 bits per heavy atom. The van der Waals surface area contributed by atoms with Crippen LogP contribution in [0.2, 0.25) is 0 Å². The van der Waals surface area contributed by atoms with E-state index in [4.69, 9.17) is 0 Å². The Balaban J connectivity index is 4.62. The molecule has 0 aromatic heterocycles. The molecule has 0 heterocycles. The van der Waals surface area contributed by atoms with Crippen LogP contribution in [0.3, 0.4) is 0 Å². The molecule has 0 rings (SSSR count). The van der Waals surface area contributed by atoms with Crippen LogP contribution >= 0.6 is 0 Å². The van der Waals surface area contributed by atoms with Gasteiger partial charge in [0.25, 0.3) is 0 Å². The largest absolute Gasteiger partial charge is 0.296 e. The lowest BCUT2D eigenvalue weighted by atomic mass is 10.00. The summed E-state index contributed by atoms with van der Waals surface area (Å²) in [4.78, 5) is 23.5. The molecule has 0 atom stereocenters. The summed E-state index contributed by atoms with van der Waals surface area (Å²) < 4.78 is 0. The maximum atomic E-state index is 11.7. The van der Waals surface area contributed by atoms with Crippen molar-refractivity contribution in [3.05, 3.63) is 0 Å². The molecule has 0 aliphatic heterocycles. The number of Topliss-reactive ketones (excluding diaryl/α,β-unsaturated/α-hetero) is 2. The van der Waals surface area contributed by atoms with E-state index in [0.717, 1.165) is 25.7 Å². The monoisotopic (exact) mass is 242 g/mol. The van der Waals surface area contributed by atoms with Gasteiger partial charge in [-0.25, -0.2) is 0 Å². The Hall–Kier alpha value is -0.740. The molecule has 0 aliphatic rings. The van der Waals surface area contributed by atoms with Gasteiger partial charge in [-0.1, -0.05) is 26.7 Å². The quantitative estimate of drug-likeness (QED) is 0.347. The van der Waals surface area contributed by atoms with Crippen LogP contribution < -0.4 is 10.6 Å². The summed E-state index contributed by atoms with van der Waals surface area (Å²) in [5.41, 5.74) is -1.18. The third-order valence-electron chi connectivity index (χ3n) is 2.90. The van der Waals surface area contributed by atoms with Crippen molar-refractivity contribution < 1.29 is 9.59 Å². The fraction of sp³-hybridized carbons (Fsp3) is 0.846. The number of ketones is 2. The molecule has 17 heavy (non-hydrogen) atoms. The number of nitrogens with one attached hydrogen (secondary N) is 2. The van der Waals surface area contributed by atoms with Crippen LogP contribution in [0.1, 0.15) is 53.4 Å². The first-order valence-electron chi connectivity index (χ1n) is 6.53. The van der Waals surface area contributed by atoms with Gasteiger partial charge in [0.15, 0.2) is 17.2 Å². The van der Waals surface area contributed by atoms with Crippen LogP contribution in [0, 0.1) is 0 Å². The van der Waals surface area contributed by atoms with Crippen molar-refractivity contribution in [2.75, 3.05) is 13.1 Å². The smallest absolute Gasteiger partial charge is 0.188 e. The van der Waals surface area contributed by atoms with Crippen LogP contribution in [0.4, 0.5) is 0 Å². The van der Waals surface area contributed by atoms with Crippen molar-refractivity contribution in [3.63, 3.8) is 0 Å². The van der Waals surface area contributed by atoms with Gasteiger partial charge in [0.05, 0.1) is 0 Å². The molecule has 0 saturated heterocycles. The molecule has 0 aromatic carbocycles. The maximum Gasteiger partial charge on any atom is 0.188 e. The highest BCUT2D eigenvalue weighted by molar-refractivity contribution is 6.09. The van der Waals surface area contributed by atoms with E-state index in [1.807, 2.05) is 0 Å². The van der Waals surface area contributed by atoms with Crippen molar-refractivity contribution >= 4 is 11.6 Å². The summed E-state index contributed by atoms with van der Waals surface area (Å²) in [6, 6.07) is 0. The molecule has 0 fully saturated rings. The average Bonchev–Trinajstić information content (AvgIpc) is 2.26. The topological polar surface area (TPSA) is 58.2 Å². The third-order valence-corrected chi connectivity index (χ3v) is 2.90. The van der Waals surface area contributed by atoms with Crippen molar-refractivity contribution in [3.8, 4) is 0 Å². The molecule has 0 bridgehead atoms. The predicted molar refractivity (Wildman–Crippen MR) is 69.9 cm³/mol. The molecule has 0 unspecified atom stereocenters. The minimum Gasteiger partial charge on any atom is -0.296 e. The van der Waals surface area contributed by atoms with Crippen LogP contribution in [0.15, 0.2) is 0 Å². The first kappa shape index (κ1) is 16.3. The highest BCUT2D eigenvalue weighted by atomic mass is 16.2. The molecular weight excluding hydrogens is 216 g/mol. The van der Waals surface area contributed by atoms with Gasteiger partial charge in [-0.15, -0.1) is 0 Å². The van der Waals surface area contributed by atoms with E-state index in [1.165, 1.54) is 13.8 Å². The van der Waals surface area contributed by atoms with E-state index in [9.17, 15) is 9.59 Å². The molecule has 0 radical (unpaired) electrons. The summed E-state index contributed by atoms with van der Waals surface area (Å²) >= 11 is 0. The molecule has 4 nitrogen and oxygen atoms in total. The molecule has 0 spiro atoms. The molecule has 4 heteroatoms. The Kier molecular flexibility index (Phi) is 8.00. The number of unbranched alkanes of at least 4 members (excludes halogenated alkanes) is 2. The molecule has 0 saturated carbocycles. The second-order valence-corrected chi connectivity index (χ2v) is 4.42. The van der Waals surface area contributed by atoms with Gasteiger partial charge >= 0.3 is 0 Å². The van der Waals surface area contributed by atoms with Crippen LogP contribution in [0.5, 0.6) is 0 Å². The van der Waals surface area contributed by atoms with Gasteiger partial charge < -0.3 is 0 Å². The number of rotatable bonds is 10. The third kappa shape index (κ3) is 4.96. The van der Waals surface area contributed by atoms with Gasteiger partial charge in [-0.2, -0.15) is 0 Å². The van der Waals surface area contributed by atoms with E-state index >= 15 is 0 Å². The molecule has 0 aromatic rings. The summed E-state index contributed by atoms with van der Waals surface area (Å²) in [6.07, 6.45) is 3.98. The predicted octanol–water partition coefficient (Wildman–Crippen LogP) is 1.64. The Morgan fingerprint density at radius 2 is 1.24 bits per heavy atom. The van der Waals surface area contributed by atoms with Gasteiger partial charge in [0.2, 0.25) is 0 Å². The normalized spacial score (nSPS) is 11.5. The summed E-state index contributed by atoms with van der Waals surface area (Å²) in [5, 5.41) is 6.16. The molecule has 100 valence electrons. The lowest BCUT2D eigenvalue weighted by Gasteiger charge is -2.31. The zero-order valence-electron chi connectivity index (χ0n) is 11.6. The molecule has 2 N–H and O–H groups in total. The van der Waals surface area contributed by atoms with Crippen molar-refractivity contribution in [2.45, 2.75) is 59.0 Å². The Bertz CT molecular complexity index is 226. The highest BCUT2D eigenvalue weighted by Gasteiger charge is 2.38. The van der Waals surface area contributed by atoms with Crippen LogP contribution in [-0.2, 0) is 9.59 Å². The van der Waals surface area contributed by atoms with E-state index in [-0.39, 0.29) is 11.6 Å². The summed E-state index contributed by atoms with van der Waals surface area (Å²) in [6.45, 7) is 8.42. The zero-order chi connectivity index (χ0) is 13.3.